The molecular weight excluding hydrogens is 665 g/mol. The maximum atomic E-state index is 11.3. The van der Waals surface area contributed by atoms with Gasteiger partial charge in [-0.2, -0.15) is 0 Å². The first-order chi connectivity index (χ1) is 22.8. The van der Waals surface area contributed by atoms with Gasteiger partial charge < -0.3 is 37.3 Å². The van der Waals surface area contributed by atoms with Crippen molar-refractivity contribution < 1.29 is 37.3 Å². The van der Waals surface area contributed by atoms with Crippen molar-refractivity contribution in [2.45, 2.75) is 205 Å². The van der Waals surface area contributed by atoms with E-state index >= 15 is 0 Å². The van der Waals surface area contributed by atoms with E-state index in [1.807, 2.05) is 13.8 Å². The van der Waals surface area contributed by atoms with Gasteiger partial charge in [-0.15, -0.1) is 0 Å². The molecule has 0 unspecified atom stereocenters. The second kappa shape index (κ2) is 15.6. The molecule has 0 aromatic carbocycles. The fourth-order valence-electron chi connectivity index (χ4n) is 7.44. The van der Waals surface area contributed by atoms with Crippen LogP contribution < -0.4 is 0 Å². The van der Waals surface area contributed by atoms with Crippen molar-refractivity contribution in [2.24, 2.45) is 11.8 Å². The summed E-state index contributed by atoms with van der Waals surface area (Å²) in [5, 5.41) is 0.0754. The molecule has 4 fully saturated rings. The zero-order valence-corrected chi connectivity index (χ0v) is 36.1. The van der Waals surface area contributed by atoms with Crippen LogP contribution in [0.2, 0.25) is 36.3 Å². The molecule has 11 atom stereocenters. The molecule has 4 aliphatic heterocycles. The molecule has 4 aliphatic rings. The van der Waals surface area contributed by atoms with Crippen LogP contribution in [0, 0.1) is 11.8 Å². The number of rotatable bonds is 12. The highest BCUT2D eigenvalue weighted by Gasteiger charge is 2.53. The van der Waals surface area contributed by atoms with Gasteiger partial charge in [0, 0.05) is 25.2 Å². The topological polar surface area (TPSA) is 81.7 Å². The summed E-state index contributed by atoms with van der Waals surface area (Å²) >= 11 is 0. The van der Waals surface area contributed by atoms with Gasteiger partial charge in [0.1, 0.15) is 12.4 Å². The van der Waals surface area contributed by atoms with Crippen LogP contribution in [0.25, 0.3) is 0 Å². The van der Waals surface area contributed by atoms with Gasteiger partial charge in [0.05, 0.1) is 55.4 Å². The quantitative estimate of drug-likeness (QED) is 0.112. The van der Waals surface area contributed by atoms with Crippen molar-refractivity contribution >= 4 is 22.9 Å². The summed E-state index contributed by atoms with van der Waals surface area (Å²) in [4.78, 5) is 11.3. The fraction of sp³-hybridized carbons (Fsp3) is 0.875. The Hall–Kier alpha value is -0.696. The average molecular weight is 737 g/mol. The van der Waals surface area contributed by atoms with Gasteiger partial charge in [-0.1, -0.05) is 68.5 Å². The normalized spacial score (nSPS) is 37.4. The number of carbonyl (C=O) groups excluding carboxylic acids is 1. The van der Waals surface area contributed by atoms with Crippen LogP contribution in [0.4, 0.5) is 0 Å². The van der Waals surface area contributed by atoms with Crippen molar-refractivity contribution in [3.05, 3.63) is 24.3 Å². The highest BCUT2D eigenvalue weighted by Crippen LogP contribution is 2.47. The van der Waals surface area contributed by atoms with Crippen LogP contribution in [0.3, 0.4) is 0 Å². The Labute approximate surface area is 307 Å². The highest BCUT2D eigenvalue weighted by atomic mass is 28.4. The predicted octanol–water partition coefficient (Wildman–Crippen LogP) is 9.15. The van der Waals surface area contributed by atoms with E-state index in [2.05, 4.69) is 94.7 Å². The first-order valence-corrected chi connectivity index (χ1v) is 25.1. The number of ether oxygens (including phenoxy) is 5. The first-order valence-electron chi connectivity index (χ1n) is 19.3. The van der Waals surface area contributed by atoms with Gasteiger partial charge in [0.2, 0.25) is 0 Å². The minimum atomic E-state index is -2.21. The Morgan fingerprint density at radius 3 is 1.86 bits per heavy atom. The summed E-state index contributed by atoms with van der Waals surface area (Å²) in [5.41, 5.74) is 2.12. The van der Waals surface area contributed by atoms with Crippen LogP contribution >= 0.6 is 0 Å². The molecule has 0 saturated carbocycles. The van der Waals surface area contributed by atoms with Gasteiger partial charge in [-0.3, -0.25) is 0 Å². The molecule has 4 rings (SSSR count). The molecule has 0 aromatic heterocycles. The molecule has 50 heavy (non-hydrogen) atoms. The summed E-state index contributed by atoms with van der Waals surface area (Å²) in [6.07, 6.45) is 4.04. The van der Waals surface area contributed by atoms with Crippen molar-refractivity contribution in [3.63, 3.8) is 0 Å². The lowest BCUT2D eigenvalue weighted by Gasteiger charge is -2.53. The lowest BCUT2D eigenvalue weighted by atomic mass is 9.80. The number of aldehydes is 1. The third-order valence-corrected chi connectivity index (χ3v) is 21.7. The molecule has 0 bridgehead atoms. The molecule has 0 amide bonds. The fourth-order valence-corrected chi connectivity index (χ4v) is 10.2. The van der Waals surface area contributed by atoms with Crippen LogP contribution in [0.15, 0.2) is 24.3 Å². The minimum Gasteiger partial charge on any atom is -0.411 e. The van der Waals surface area contributed by atoms with E-state index in [0.29, 0.717) is 31.8 Å². The SMILES string of the molecule is C=C1C[C@H](C=O)O[C@H]1CC[C@H]1C[C@@H](C)C(=C)[C@@H](C[C@@H]2O[C@@H](C[C@@H]3COC(C)(C)O3)[C@@H](O[Si](C)(C)C(C)(C)C)[C@H](C)[C@H]2O[Si](C)(C)C(C)(C)C)O1. The van der Waals surface area contributed by atoms with Gasteiger partial charge in [-0.25, -0.2) is 0 Å². The molecule has 4 saturated heterocycles. The molecule has 8 nitrogen and oxygen atoms in total. The minimum absolute atomic E-state index is 0.0320. The van der Waals surface area contributed by atoms with Crippen molar-refractivity contribution in [1.29, 1.82) is 0 Å². The van der Waals surface area contributed by atoms with Crippen LogP contribution in [0.1, 0.15) is 108 Å². The zero-order chi connectivity index (χ0) is 37.6. The Kier molecular flexibility index (Phi) is 13.1. The first kappa shape index (κ1) is 42.1. The maximum absolute atomic E-state index is 11.3. The van der Waals surface area contributed by atoms with Crippen LogP contribution in [-0.2, 0) is 37.3 Å². The third kappa shape index (κ3) is 9.88. The van der Waals surface area contributed by atoms with Gasteiger partial charge >= 0.3 is 0 Å². The molecule has 0 N–H and O–H groups in total. The van der Waals surface area contributed by atoms with Gasteiger partial charge in [-0.05, 0) is 86.4 Å². The van der Waals surface area contributed by atoms with Crippen molar-refractivity contribution in [2.75, 3.05) is 6.61 Å². The lowest BCUT2D eigenvalue weighted by molar-refractivity contribution is -0.209. The van der Waals surface area contributed by atoms with Crippen molar-refractivity contribution in [3.8, 4) is 0 Å². The van der Waals surface area contributed by atoms with E-state index < -0.39 is 22.4 Å². The third-order valence-electron chi connectivity index (χ3n) is 12.8. The van der Waals surface area contributed by atoms with Crippen molar-refractivity contribution in [1.82, 2.24) is 0 Å². The van der Waals surface area contributed by atoms with E-state index in [4.69, 9.17) is 32.5 Å². The molecule has 0 spiro atoms. The summed E-state index contributed by atoms with van der Waals surface area (Å²) in [6.45, 7) is 40.9. The lowest BCUT2D eigenvalue weighted by Crippen LogP contribution is -2.62. The summed E-state index contributed by atoms with van der Waals surface area (Å²) in [6, 6.07) is 0. The van der Waals surface area contributed by atoms with E-state index in [9.17, 15) is 4.79 Å². The smallest absolute Gasteiger partial charge is 0.192 e. The second-order valence-corrected chi connectivity index (χ2v) is 28.9. The zero-order valence-electron chi connectivity index (χ0n) is 34.1. The van der Waals surface area contributed by atoms with Gasteiger partial charge in [0.15, 0.2) is 22.4 Å². The molecule has 10 heteroatoms. The molecule has 4 heterocycles. The second-order valence-electron chi connectivity index (χ2n) is 19.4. The van der Waals surface area contributed by atoms with E-state index in [1.165, 1.54) is 0 Å². The Balaban J connectivity index is 1.62. The summed E-state index contributed by atoms with van der Waals surface area (Å²) < 4.78 is 47.2. The maximum Gasteiger partial charge on any atom is 0.192 e. The Bertz CT molecular complexity index is 1200. The number of hydrogen-bond acceptors (Lipinski definition) is 8. The largest absolute Gasteiger partial charge is 0.411 e. The van der Waals surface area contributed by atoms with Crippen LogP contribution in [0.5, 0.6) is 0 Å². The molecule has 0 aromatic rings. The molecule has 0 aliphatic carbocycles. The van der Waals surface area contributed by atoms with E-state index in [0.717, 1.165) is 36.7 Å². The standard InChI is InChI=1S/C40H72O8Si2/c1-25-19-29(17-18-32-26(2)20-30(23-41)44-32)43-33(27(25)3)22-35-37(48-50(15,16)39(8,9)10)28(4)36(47-49(13,14)38(5,6)7)34(45-35)21-31-24-42-40(11,12)46-31/h23,25,28-37H,2-3,17-22,24H2,1,4-16H3/t25-,28+,29+,30-,31-,32+,33-,34+,35+,36+,37-/m1/s1. The Morgan fingerprint density at radius 1 is 0.820 bits per heavy atom. The van der Waals surface area contributed by atoms with E-state index in [1.54, 1.807) is 0 Å². The summed E-state index contributed by atoms with van der Waals surface area (Å²) in [7, 11) is -4.39. The summed E-state index contributed by atoms with van der Waals surface area (Å²) in [5.74, 6) is -0.220. The van der Waals surface area contributed by atoms with E-state index in [-0.39, 0.29) is 70.9 Å². The number of carbonyl (C=O) groups is 1. The average Bonchev–Trinajstić information content (AvgIpc) is 3.52. The molecule has 0 radical (unpaired) electrons. The highest BCUT2D eigenvalue weighted by molar-refractivity contribution is 6.74. The number of hydrogen-bond donors (Lipinski definition) is 0. The predicted molar refractivity (Wildman–Crippen MR) is 205 cm³/mol. The van der Waals surface area contributed by atoms with Gasteiger partial charge in [0.25, 0.3) is 0 Å². The van der Waals surface area contributed by atoms with Crippen LogP contribution in [-0.4, -0.2) is 90.3 Å². The monoisotopic (exact) mass is 736 g/mol. The Morgan fingerprint density at radius 2 is 1.38 bits per heavy atom. The molecular formula is C40H72O8Si2. The molecule has 288 valence electrons.